The Labute approximate surface area is 149 Å². The predicted octanol–water partition coefficient (Wildman–Crippen LogP) is 5.03. The molecule has 0 fully saturated rings. The van der Waals surface area contributed by atoms with E-state index >= 15 is 0 Å². The maximum absolute atomic E-state index is 9.65. The zero-order chi connectivity index (χ0) is 16.9. The van der Waals surface area contributed by atoms with E-state index in [1.807, 2.05) is 66.7 Å². The van der Waals surface area contributed by atoms with Crippen molar-refractivity contribution in [2.45, 2.75) is 19.6 Å². The molecule has 0 saturated carbocycles. The molecule has 0 aliphatic rings. The molecular weight excluding hydrogens is 334 g/mol. The lowest BCUT2D eigenvalue weighted by Gasteiger charge is -2.11. The van der Waals surface area contributed by atoms with Crippen molar-refractivity contribution in [3.8, 4) is 6.07 Å². The summed E-state index contributed by atoms with van der Waals surface area (Å²) in [5.74, 6) is 0. The minimum atomic E-state index is 0.638. The van der Waals surface area contributed by atoms with Crippen molar-refractivity contribution in [3.05, 3.63) is 72.3 Å². The lowest BCUT2D eigenvalue weighted by Crippen LogP contribution is -1.91. The van der Waals surface area contributed by atoms with Crippen LogP contribution in [-0.4, -0.2) is 0 Å². The van der Waals surface area contributed by atoms with Gasteiger partial charge in [-0.2, -0.15) is 5.26 Å². The number of hydrogen-bond acceptors (Lipinski definition) is 5. The van der Waals surface area contributed by atoms with Crippen molar-refractivity contribution >= 4 is 34.9 Å². The molecule has 0 bridgehead atoms. The van der Waals surface area contributed by atoms with E-state index in [-0.39, 0.29) is 0 Å². The number of nitriles is 1. The molecule has 0 saturated heterocycles. The van der Waals surface area contributed by atoms with E-state index in [2.05, 4.69) is 6.07 Å². The molecule has 0 heterocycles. The Kier molecular flexibility index (Phi) is 4.99. The van der Waals surface area contributed by atoms with Crippen molar-refractivity contribution in [2.24, 2.45) is 0 Å². The highest BCUT2D eigenvalue weighted by molar-refractivity contribution is 8.00. The summed E-state index contributed by atoms with van der Waals surface area (Å²) in [6.07, 6.45) is 0. The standard InChI is InChI=1S/C19H15N3S2/c20-12-13-16(23-18-8-3-1-6-14(18)21)10-5-11-17(13)24-19-9-4-2-7-15(19)22/h1-11H,21-22H2. The fourth-order valence-electron chi connectivity index (χ4n) is 2.18. The van der Waals surface area contributed by atoms with E-state index in [0.29, 0.717) is 16.9 Å². The van der Waals surface area contributed by atoms with E-state index in [1.165, 1.54) is 23.5 Å². The average molecular weight is 349 g/mol. The molecule has 5 heteroatoms. The van der Waals surface area contributed by atoms with Gasteiger partial charge in [-0.1, -0.05) is 53.9 Å². The first-order valence-corrected chi connectivity index (χ1v) is 8.90. The molecule has 3 nitrogen and oxygen atoms in total. The van der Waals surface area contributed by atoms with Crippen LogP contribution >= 0.6 is 23.5 Å². The number of rotatable bonds is 4. The van der Waals surface area contributed by atoms with E-state index < -0.39 is 0 Å². The largest absolute Gasteiger partial charge is 0.398 e. The molecule has 0 unspecified atom stereocenters. The third-order valence-electron chi connectivity index (χ3n) is 3.38. The number of nitrogens with two attached hydrogens (primary N) is 2. The molecule has 0 radical (unpaired) electrons. The van der Waals surface area contributed by atoms with E-state index in [4.69, 9.17) is 11.5 Å². The van der Waals surface area contributed by atoms with Crippen LogP contribution in [0.3, 0.4) is 0 Å². The first-order valence-electron chi connectivity index (χ1n) is 7.27. The van der Waals surface area contributed by atoms with Crippen LogP contribution in [0.5, 0.6) is 0 Å². The predicted molar refractivity (Wildman–Crippen MR) is 101 cm³/mol. The van der Waals surface area contributed by atoms with Gasteiger partial charge >= 0.3 is 0 Å². The van der Waals surface area contributed by atoms with E-state index in [9.17, 15) is 5.26 Å². The summed E-state index contributed by atoms with van der Waals surface area (Å²) >= 11 is 3.00. The number of para-hydroxylation sites is 2. The second kappa shape index (κ2) is 7.35. The monoisotopic (exact) mass is 349 g/mol. The molecule has 3 aromatic rings. The molecule has 4 N–H and O–H groups in total. The highest BCUT2D eigenvalue weighted by Gasteiger charge is 2.12. The minimum Gasteiger partial charge on any atom is -0.398 e. The van der Waals surface area contributed by atoms with Crippen molar-refractivity contribution in [3.63, 3.8) is 0 Å². The topological polar surface area (TPSA) is 75.8 Å². The molecule has 3 rings (SSSR count). The second-order valence-corrected chi connectivity index (χ2v) is 7.19. The Balaban J connectivity index is 1.97. The minimum absolute atomic E-state index is 0.638. The zero-order valence-electron chi connectivity index (χ0n) is 12.8. The highest BCUT2D eigenvalue weighted by atomic mass is 32.2. The molecule has 0 aliphatic carbocycles. The van der Waals surface area contributed by atoms with Crippen LogP contribution < -0.4 is 11.5 Å². The molecule has 3 aromatic carbocycles. The Hall–Kier alpha value is -2.55. The van der Waals surface area contributed by atoms with Gasteiger partial charge in [0.2, 0.25) is 0 Å². The molecule has 0 amide bonds. The molecule has 0 spiro atoms. The third-order valence-corrected chi connectivity index (χ3v) is 5.68. The van der Waals surface area contributed by atoms with Gasteiger partial charge in [0.1, 0.15) is 6.07 Å². The van der Waals surface area contributed by atoms with E-state index in [1.54, 1.807) is 0 Å². The Bertz CT molecular complexity index is 851. The number of hydrogen-bond donors (Lipinski definition) is 2. The summed E-state index contributed by atoms with van der Waals surface area (Å²) in [5.41, 5.74) is 14.1. The van der Waals surface area contributed by atoms with Gasteiger partial charge in [-0.05, 0) is 36.4 Å². The van der Waals surface area contributed by atoms with Gasteiger partial charge in [0.25, 0.3) is 0 Å². The van der Waals surface area contributed by atoms with Gasteiger partial charge < -0.3 is 11.5 Å². The van der Waals surface area contributed by atoms with Gasteiger partial charge in [0.05, 0.1) is 5.56 Å². The van der Waals surface area contributed by atoms with Crippen LogP contribution in [-0.2, 0) is 0 Å². The van der Waals surface area contributed by atoms with Crippen molar-refractivity contribution < 1.29 is 0 Å². The number of nitrogens with zero attached hydrogens (tertiary/aromatic N) is 1. The van der Waals surface area contributed by atoms with Gasteiger partial charge in [0.15, 0.2) is 0 Å². The normalized spacial score (nSPS) is 10.3. The van der Waals surface area contributed by atoms with Gasteiger partial charge in [-0.3, -0.25) is 0 Å². The molecule has 118 valence electrons. The van der Waals surface area contributed by atoms with Crippen molar-refractivity contribution in [1.29, 1.82) is 5.26 Å². The summed E-state index contributed by atoms with van der Waals surface area (Å²) in [4.78, 5) is 3.65. The summed E-state index contributed by atoms with van der Waals surface area (Å²) in [5, 5.41) is 9.65. The summed E-state index contributed by atoms with van der Waals surface area (Å²) < 4.78 is 0. The van der Waals surface area contributed by atoms with Gasteiger partial charge in [-0.15, -0.1) is 0 Å². The van der Waals surface area contributed by atoms with Crippen LogP contribution in [0.15, 0.2) is 86.3 Å². The third kappa shape index (κ3) is 3.51. The number of benzene rings is 3. The smallest absolute Gasteiger partial charge is 0.102 e. The van der Waals surface area contributed by atoms with Gasteiger partial charge in [-0.25, -0.2) is 0 Å². The summed E-state index contributed by atoms with van der Waals surface area (Å²) in [6.45, 7) is 0. The zero-order valence-corrected chi connectivity index (χ0v) is 14.4. The highest BCUT2D eigenvalue weighted by Crippen LogP contribution is 2.40. The first-order chi connectivity index (χ1) is 11.7. The molecule has 24 heavy (non-hydrogen) atoms. The Morgan fingerprint density at radius 3 is 1.46 bits per heavy atom. The fraction of sp³-hybridized carbons (Fsp3) is 0. The van der Waals surface area contributed by atoms with Crippen LogP contribution in [0.1, 0.15) is 5.56 Å². The number of anilines is 2. The van der Waals surface area contributed by atoms with Crippen LogP contribution in [0.2, 0.25) is 0 Å². The molecular formula is C19H15N3S2. The maximum atomic E-state index is 9.65. The fourth-order valence-corrected chi connectivity index (χ4v) is 4.19. The number of nitrogen functional groups attached to an aromatic ring is 2. The molecule has 0 aliphatic heterocycles. The SMILES string of the molecule is N#Cc1c(Sc2ccccc2N)cccc1Sc1ccccc1N. The van der Waals surface area contributed by atoms with Crippen molar-refractivity contribution in [2.75, 3.05) is 11.5 Å². The molecule has 0 atom stereocenters. The van der Waals surface area contributed by atoms with Crippen LogP contribution in [0.4, 0.5) is 11.4 Å². The average Bonchev–Trinajstić information content (AvgIpc) is 2.59. The quantitative estimate of drug-likeness (QED) is 0.646. The Morgan fingerprint density at radius 2 is 1.04 bits per heavy atom. The first kappa shape index (κ1) is 16.3. The van der Waals surface area contributed by atoms with Gasteiger partial charge in [0, 0.05) is 31.0 Å². The Morgan fingerprint density at radius 1 is 0.625 bits per heavy atom. The lowest BCUT2D eigenvalue weighted by molar-refractivity contribution is 1.25. The van der Waals surface area contributed by atoms with Crippen molar-refractivity contribution in [1.82, 2.24) is 0 Å². The summed E-state index contributed by atoms with van der Waals surface area (Å²) in [7, 11) is 0. The van der Waals surface area contributed by atoms with Crippen LogP contribution in [0, 0.1) is 11.3 Å². The van der Waals surface area contributed by atoms with E-state index in [0.717, 1.165) is 19.6 Å². The second-order valence-electron chi connectivity index (χ2n) is 5.02. The lowest BCUT2D eigenvalue weighted by atomic mass is 10.2. The van der Waals surface area contributed by atoms with Crippen LogP contribution in [0.25, 0.3) is 0 Å². The molecule has 0 aromatic heterocycles. The maximum Gasteiger partial charge on any atom is 0.102 e. The summed E-state index contributed by atoms with van der Waals surface area (Å²) in [6, 6.07) is 23.4.